The van der Waals surface area contributed by atoms with Crippen molar-refractivity contribution in [1.29, 1.82) is 0 Å². The Morgan fingerprint density at radius 2 is 2.05 bits per heavy atom. The number of rotatable bonds is 4. The van der Waals surface area contributed by atoms with E-state index in [1.54, 1.807) is 18.4 Å². The van der Waals surface area contributed by atoms with Crippen LogP contribution in [0.15, 0.2) is 41.6 Å². The van der Waals surface area contributed by atoms with Crippen molar-refractivity contribution in [1.82, 2.24) is 9.47 Å². The molecule has 2 heterocycles. The Balaban J connectivity index is 2.28. The van der Waals surface area contributed by atoms with Gasteiger partial charge in [-0.3, -0.25) is 4.90 Å². The first-order valence-electron chi connectivity index (χ1n) is 7.48. The van der Waals surface area contributed by atoms with Gasteiger partial charge in [-0.1, -0.05) is 6.58 Å². The summed E-state index contributed by atoms with van der Waals surface area (Å²) in [5.41, 5.74) is 2.99. The van der Waals surface area contributed by atoms with E-state index < -0.39 is 0 Å². The fraction of sp³-hybridized carbons (Fsp3) is 0.471. The Kier molecular flexibility index (Phi) is 5.12. The van der Waals surface area contributed by atoms with Crippen molar-refractivity contribution >= 4 is 5.84 Å². The van der Waals surface area contributed by atoms with Crippen LogP contribution in [-0.2, 0) is 6.54 Å². The van der Waals surface area contributed by atoms with Crippen molar-refractivity contribution in [2.75, 3.05) is 13.1 Å². The first kappa shape index (κ1) is 15.7. The molecule has 2 rings (SSSR count). The van der Waals surface area contributed by atoms with Crippen LogP contribution in [0.3, 0.4) is 0 Å². The number of hydrogen-bond donors (Lipinski definition) is 0. The molecule has 1 saturated heterocycles. The van der Waals surface area contributed by atoms with Gasteiger partial charge in [-0.15, -0.1) is 0 Å². The summed E-state index contributed by atoms with van der Waals surface area (Å²) in [6.45, 7) is 12.5. The molecule has 4 heteroatoms. The number of aromatic nitrogens is 1. The Morgan fingerprint density at radius 1 is 1.38 bits per heavy atom. The van der Waals surface area contributed by atoms with E-state index in [-0.39, 0.29) is 5.83 Å². The lowest BCUT2D eigenvalue weighted by atomic mass is 10.2. The van der Waals surface area contributed by atoms with Crippen molar-refractivity contribution in [3.8, 4) is 0 Å². The Labute approximate surface area is 126 Å². The van der Waals surface area contributed by atoms with Crippen LogP contribution < -0.4 is 0 Å². The standard InChI is InChI=1S/C17H24FN3/c1-5-16(18)17(19-13(2)3)21-10-14(4)15(12-21)11-20-8-6-7-9-20/h5,10,12H,2,6-9,11H2,1,3-4H3/b16-5+,19-17?. The van der Waals surface area contributed by atoms with Crippen LogP contribution in [0.25, 0.3) is 0 Å². The molecular formula is C17H24FN3. The molecule has 1 fully saturated rings. The molecule has 1 aromatic rings. The summed E-state index contributed by atoms with van der Waals surface area (Å²) in [4.78, 5) is 6.67. The molecule has 0 aliphatic carbocycles. The lowest BCUT2D eigenvalue weighted by Crippen LogP contribution is -2.18. The zero-order valence-electron chi connectivity index (χ0n) is 13.2. The number of halogens is 1. The normalized spacial score (nSPS) is 17.5. The fourth-order valence-corrected chi connectivity index (χ4v) is 2.61. The molecule has 0 atom stereocenters. The summed E-state index contributed by atoms with van der Waals surface area (Å²) in [5.74, 6) is -0.0264. The van der Waals surface area contributed by atoms with Gasteiger partial charge in [0.25, 0.3) is 0 Å². The van der Waals surface area contributed by atoms with E-state index in [1.165, 1.54) is 30.0 Å². The third-order valence-corrected chi connectivity index (χ3v) is 3.74. The van der Waals surface area contributed by atoms with Gasteiger partial charge in [0, 0.05) is 24.6 Å². The van der Waals surface area contributed by atoms with Gasteiger partial charge in [0.2, 0.25) is 0 Å². The molecule has 0 radical (unpaired) electrons. The van der Waals surface area contributed by atoms with Crippen LogP contribution in [0.4, 0.5) is 4.39 Å². The SMILES string of the molecule is C=C(C)N=C(/C(F)=C\C)n1cc(C)c(CN2CCCC2)c1. The second kappa shape index (κ2) is 6.85. The van der Waals surface area contributed by atoms with Crippen LogP contribution in [0.2, 0.25) is 0 Å². The Morgan fingerprint density at radius 3 is 2.62 bits per heavy atom. The third-order valence-electron chi connectivity index (χ3n) is 3.74. The van der Waals surface area contributed by atoms with Crippen LogP contribution in [0.1, 0.15) is 37.8 Å². The number of likely N-dealkylation sites (tertiary alicyclic amines) is 1. The van der Waals surface area contributed by atoms with E-state index in [2.05, 4.69) is 23.4 Å². The van der Waals surface area contributed by atoms with Gasteiger partial charge in [0.15, 0.2) is 11.7 Å². The first-order chi connectivity index (χ1) is 10.0. The van der Waals surface area contributed by atoms with E-state index in [0.29, 0.717) is 11.5 Å². The average molecular weight is 289 g/mol. The topological polar surface area (TPSA) is 20.5 Å². The number of aliphatic imine (C=N–C) groups is 1. The van der Waals surface area contributed by atoms with Crippen molar-refractivity contribution in [3.63, 3.8) is 0 Å². The fourth-order valence-electron chi connectivity index (χ4n) is 2.61. The molecule has 0 spiro atoms. The summed E-state index contributed by atoms with van der Waals surface area (Å²) >= 11 is 0. The molecule has 1 aliphatic rings. The number of hydrogen-bond acceptors (Lipinski definition) is 2. The molecule has 1 aromatic heterocycles. The summed E-state index contributed by atoms with van der Waals surface area (Å²) in [7, 11) is 0. The molecule has 1 aliphatic heterocycles. The van der Waals surface area contributed by atoms with Gasteiger partial charge in [-0.2, -0.15) is 0 Å². The highest BCUT2D eigenvalue weighted by atomic mass is 19.1. The average Bonchev–Trinajstić information content (AvgIpc) is 3.06. The largest absolute Gasteiger partial charge is 0.306 e. The molecule has 21 heavy (non-hydrogen) atoms. The van der Waals surface area contributed by atoms with E-state index in [1.807, 2.05) is 12.4 Å². The van der Waals surface area contributed by atoms with E-state index in [9.17, 15) is 4.39 Å². The van der Waals surface area contributed by atoms with Gasteiger partial charge in [0.05, 0.1) is 0 Å². The monoisotopic (exact) mass is 289 g/mol. The minimum absolute atomic E-state index is 0.306. The lowest BCUT2D eigenvalue weighted by molar-refractivity contribution is 0.331. The van der Waals surface area contributed by atoms with Crippen molar-refractivity contribution in [2.24, 2.45) is 4.99 Å². The minimum atomic E-state index is -0.333. The van der Waals surface area contributed by atoms with Gasteiger partial charge >= 0.3 is 0 Å². The molecule has 3 nitrogen and oxygen atoms in total. The smallest absolute Gasteiger partial charge is 0.172 e. The zero-order chi connectivity index (χ0) is 15.4. The lowest BCUT2D eigenvalue weighted by Gasteiger charge is -2.13. The minimum Gasteiger partial charge on any atom is -0.306 e. The maximum absolute atomic E-state index is 14.0. The quantitative estimate of drug-likeness (QED) is 0.605. The van der Waals surface area contributed by atoms with E-state index >= 15 is 0 Å². The second-order valence-corrected chi connectivity index (χ2v) is 5.66. The summed E-state index contributed by atoms with van der Waals surface area (Å²) in [6.07, 6.45) is 7.90. The van der Waals surface area contributed by atoms with Crippen LogP contribution in [-0.4, -0.2) is 28.4 Å². The molecule has 0 bridgehead atoms. The Bertz CT molecular complexity index is 575. The van der Waals surface area contributed by atoms with Crippen molar-refractivity contribution in [2.45, 2.75) is 40.2 Å². The predicted octanol–water partition coefficient (Wildman–Crippen LogP) is 4.05. The highest BCUT2D eigenvalue weighted by molar-refractivity contribution is 5.98. The molecule has 114 valence electrons. The second-order valence-electron chi connectivity index (χ2n) is 5.66. The maximum atomic E-state index is 14.0. The van der Waals surface area contributed by atoms with Crippen molar-refractivity contribution in [3.05, 3.63) is 47.7 Å². The van der Waals surface area contributed by atoms with Gasteiger partial charge in [0.1, 0.15) is 0 Å². The molecule has 0 aromatic carbocycles. The number of allylic oxidation sites excluding steroid dienone is 3. The molecular weight excluding hydrogens is 265 g/mol. The third kappa shape index (κ3) is 3.91. The number of nitrogens with zero attached hydrogens (tertiary/aromatic N) is 3. The molecule has 0 saturated carbocycles. The van der Waals surface area contributed by atoms with E-state index in [0.717, 1.165) is 19.6 Å². The number of aryl methyl sites for hydroxylation is 1. The summed E-state index contributed by atoms with van der Waals surface area (Å²) in [5, 5.41) is 0. The Hall–Kier alpha value is -1.68. The summed E-state index contributed by atoms with van der Waals surface area (Å²) in [6, 6.07) is 0. The predicted molar refractivity (Wildman–Crippen MR) is 86.2 cm³/mol. The highest BCUT2D eigenvalue weighted by Gasteiger charge is 2.16. The molecule has 0 amide bonds. The van der Waals surface area contributed by atoms with E-state index in [4.69, 9.17) is 0 Å². The highest BCUT2D eigenvalue weighted by Crippen LogP contribution is 2.18. The van der Waals surface area contributed by atoms with Gasteiger partial charge < -0.3 is 4.57 Å². The maximum Gasteiger partial charge on any atom is 0.172 e. The molecule has 0 unspecified atom stereocenters. The first-order valence-corrected chi connectivity index (χ1v) is 7.48. The van der Waals surface area contributed by atoms with Crippen LogP contribution in [0.5, 0.6) is 0 Å². The summed E-state index contributed by atoms with van der Waals surface area (Å²) < 4.78 is 15.8. The van der Waals surface area contributed by atoms with Crippen LogP contribution in [0, 0.1) is 6.92 Å². The zero-order valence-corrected chi connectivity index (χ0v) is 13.2. The van der Waals surface area contributed by atoms with Gasteiger partial charge in [-0.25, -0.2) is 9.38 Å². The van der Waals surface area contributed by atoms with Gasteiger partial charge in [-0.05, 0) is 63.9 Å². The molecule has 0 N–H and O–H groups in total. The van der Waals surface area contributed by atoms with Crippen molar-refractivity contribution < 1.29 is 4.39 Å². The van der Waals surface area contributed by atoms with Crippen LogP contribution >= 0.6 is 0 Å².